The summed E-state index contributed by atoms with van der Waals surface area (Å²) in [5.41, 5.74) is 2.52. The maximum Gasteiger partial charge on any atom is 0.409 e. The van der Waals surface area contributed by atoms with Gasteiger partial charge in [0.05, 0.1) is 0 Å². The number of nitrogens with one attached hydrogen (secondary N) is 1. The molecule has 0 bridgehead atoms. The fourth-order valence-electron chi connectivity index (χ4n) is 1.73. The van der Waals surface area contributed by atoms with E-state index in [9.17, 15) is 4.79 Å². The Hall–Kier alpha value is -2.29. The molecule has 1 amide bonds. The third-order valence-corrected chi connectivity index (χ3v) is 2.47. The molecular weight excluding hydrogens is 214 g/mol. The molecule has 1 aromatic carbocycles. The minimum atomic E-state index is -1.04. The number of carboxylic acid groups (broad SMARTS) is 1. The molecule has 3 heteroatoms. The van der Waals surface area contributed by atoms with E-state index in [2.05, 4.69) is 5.32 Å². The van der Waals surface area contributed by atoms with Crippen molar-refractivity contribution in [2.24, 2.45) is 0 Å². The smallest absolute Gasteiger partial charge is 0.409 e. The number of hydrogen-bond donors (Lipinski definition) is 2. The molecule has 17 heavy (non-hydrogen) atoms. The van der Waals surface area contributed by atoms with Crippen LogP contribution in [0.1, 0.15) is 12.0 Å². The van der Waals surface area contributed by atoms with Crippen molar-refractivity contribution in [1.82, 2.24) is 5.32 Å². The number of rotatable bonds is 2. The van der Waals surface area contributed by atoms with Gasteiger partial charge in [-0.3, -0.25) is 5.32 Å². The van der Waals surface area contributed by atoms with Gasteiger partial charge in [-0.2, -0.15) is 0 Å². The van der Waals surface area contributed by atoms with E-state index in [0.717, 1.165) is 17.6 Å². The molecule has 3 nitrogen and oxygen atoms in total. The summed E-state index contributed by atoms with van der Waals surface area (Å²) in [5.74, 6) is 0. The molecule has 0 heterocycles. The Labute approximate surface area is 99.8 Å². The predicted molar refractivity (Wildman–Crippen MR) is 67.4 cm³/mol. The summed E-state index contributed by atoms with van der Waals surface area (Å²) < 4.78 is 0. The molecule has 0 atom stereocenters. The average Bonchev–Trinajstić information content (AvgIpc) is 2.55. The van der Waals surface area contributed by atoms with E-state index in [1.807, 2.05) is 54.6 Å². The lowest BCUT2D eigenvalue weighted by atomic mass is 10.0. The Balaban J connectivity index is 2.37. The largest absolute Gasteiger partial charge is 0.465 e. The van der Waals surface area contributed by atoms with E-state index < -0.39 is 6.09 Å². The number of carbonyl (C=O) groups is 1. The van der Waals surface area contributed by atoms with Crippen LogP contribution in [0.15, 0.2) is 60.3 Å². The second-order valence-electron chi connectivity index (χ2n) is 3.66. The summed E-state index contributed by atoms with van der Waals surface area (Å²) in [6, 6.07) is 9.72. The van der Waals surface area contributed by atoms with Gasteiger partial charge in [-0.1, -0.05) is 54.6 Å². The third kappa shape index (κ3) is 2.84. The molecule has 0 aromatic heterocycles. The zero-order valence-electron chi connectivity index (χ0n) is 9.26. The highest BCUT2D eigenvalue weighted by Crippen LogP contribution is 2.23. The SMILES string of the molecule is O=C(O)NC1=CCC=CC=C1c1ccccc1. The highest BCUT2D eigenvalue weighted by molar-refractivity contribution is 5.84. The van der Waals surface area contributed by atoms with Crippen LogP contribution in [0.3, 0.4) is 0 Å². The molecule has 0 aliphatic heterocycles. The Kier molecular flexibility index (Phi) is 3.40. The van der Waals surface area contributed by atoms with Crippen LogP contribution in [0, 0.1) is 0 Å². The predicted octanol–water partition coefficient (Wildman–Crippen LogP) is 3.18. The molecule has 0 unspecified atom stereocenters. The van der Waals surface area contributed by atoms with Gasteiger partial charge in [-0.05, 0) is 12.0 Å². The van der Waals surface area contributed by atoms with Crippen LogP contribution in [0.4, 0.5) is 4.79 Å². The van der Waals surface area contributed by atoms with Crippen LogP contribution in [0.5, 0.6) is 0 Å². The molecule has 1 aromatic rings. The van der Waals surface area contributed by atoms with Crippen molar-refractivity contribution in [3.8, 4) is 0 Å². The average molecular weight is 227 g/mol. The Bertz CT molecular complexity index is 498. The van der Waals surface area contributed by atoms with Crippen molar-refractivity contribution in [1.29, 1.82) is 0 Å². The maximum atomic E-state index is 10.8. The Morgan fingerprint density at radius 2 is 2.00 bits per heavy atom. The van der Waals surface area contributed by atoms with Gasteiger partial charge in [0.25, 0.3) is 0 Å². The number of allylic oxidation sites excluding steroid dienone is 5. The highest BCUT2D eigenvalue weighted by atomic mass is 16.4. The summed E-state index contributed by atoms with van der Waals surface area (Å²) in [5, 5.41) is 11.3. The molecular formula is C14H13NO2. The second kappa shape index (κ2) is 5.16. The van der Waals surface area contributed by atoms with Crippen LogP contribution in [0.2, 0.25) is 0 Å². The van der Waals surface area contributed by atoms with Crippen LogP contribution in [-0.2, 0) is 0 Å². The monoisotopic (exact) mass is 227 g/mol. The van der Waals surface area contributed by atoms with Crippen molar-refractivity contribution in [3.05, 3.63) is 65.9 Å². The summed E-state index contributed by atoms with van der Waals surface area (Å²) in [4.78, 5) is 10.8. The summed E-state index contributed by atoms with van der Waals surface area (Å²) >= 11 is 0. The Morgan fingerprint density at radius 3 is 2.71 bits per heavy atom. The van der Waals surface area contributed by atoms with Crippen molar-refractivity contribution < 1.29 is 9.90 Å². The molecule has 0 saturated heterocycles. The zero-order chi connectivity index (χ0) is 12.1. The van der Waals surface area contributed by atoms with E-state index in [-0.39, 0.29) is 0 Å². The van der Waals surface area contributed by atoms with Crippen LogP contribution in [0.25, 0.3) is 5.57 Å². The quantitative estimate of drug-likeness (QED) is 0.815. The summed E-state index contributed by atoms with van der Waals surface area (Å²) in [6.07, 6.45) is 7.40. The first-order chi connectivity index (χ1) is 8.27. The van der Waals surface area contributed by atoms with Crippen LogP contribution < -0.4 is 5.32 Å². The molecule has 0 saturated carbocycles. The fraction of sp³-hybridized carbons (Fsp3) is 0.0714. The van der Waals surface area contributed by atoms with E-state index in [4.69, 9.17) is 5.11 Å². The van der Waals surface area contributed by atoms with Crippen molar-refractivity contribution in [2.45, 2.75) is 6.42 Å². The number of amides is 1. The molecule has 86 valence electrons. The first kappa shape index (κ1) is 11.2. The number of hydrogen-bond acceptors (Lipinski definition) is 1. The van der Waals surface area contributed by atoms with Crippen molar-refractivity contribution >= 4 is 11.7 Å². The normalized spacial score (nSPS) is 14.6. The maximum absolute atomic E-state index is 10.8. The first-order valence-electron chi connectivity index (χ1n) is 5.40. The van der Waals surface area contributed by atoms with Gasteiger partial charge in [0, 0.05) is 11.3 Å². The van der Waals surface area contributed by atoms with Gasteiger partial charge in [0.1, 0.15) is 0 Å². The van der Waals surface area contributed by atoms with Gasteiger partial charge in [-0.25, -0.2) is 4.79 Å². The van der Waals surface area contributed by atoms with Crippen LogP contribution >= 0.6 is 0 Å². The van der Waals surface area contributed by atoms with Gasteiger partial charge >= 0.3 is 6.09 Å². The van der Waals surface area contributed by atoms with Crippen molar-refractivity contribution in [2.75, 3.05) is 0 Å². The van der Waals surface area contributed by atoms with Gasteiger partial charge in [-0.15, -0.1) is 0 Å². The lowest BCUT2D eigenvalue weighted by Crippen LogP contribution is -2.20. The highest BCUT2D eigenvalue weighted by Gasteiger charge is 2.10. The van der Waals surface area contributed by atoms with E-state index in [0.29, 0.717) is 5.70 Å². The third-order valence-electron chi connectivity index (χ3n) is 2.47. The molecule has 0 fully saturated rings. The minimum absolute atomic E-state index is 0.633. The van der Waals surface area contributed by atoms with Gasteiger partial charge in [0.2, 0.25) is 0 Å². The van der Waals surface area contributed by atoms with Gasteiger partial charge < -0.3 is 5.11 Å². The second-order valence-corrected chi connectivity index (χ2v) is 3.66. The molecule has 2 rings (SSSR count). The molecule has 2 N–H and O–H groups in total. The van der Waals surface area contributed by atoms with Gasteiger partial charge in [0.15, 0.2) is 0 Å². The minimum Gasteiger partial charge on any atom is -0.465 e. The number of benzene rings is 1. The molecule has 0 spiro atoms. The van der Waals surface area contributed by atoms with Crippen LogP contribution in [-0.4, -0.2) is 11.2 Å². The van der Waals surface area contributed by atoms with E-state index in [1.165, 1.54) is 0 Å². The summed E-state index contributed by atoms with van der Waals surface area (Å²) in [7, 11) is 0. The fourth-order valence-corrected chi connectivity index (χ4v) is 1.73. The topological polar surface area (TPSA) is 49.3 Å². The first-order valence-corrected chi connectivity index (χ1v) is 5.40. The Morgan fingerprint density at radius 1 is 1.24 bits per heavy atom. The molecule has 1 aliphatic carbocycles. The van der Waals surface area contributed by atoms with E-state index >= 15 is 0 Å². The summed E-state index contributed by atoms with van der Waals surface area (Å²) in [6.45, 7) is 0. The van der Waals surface area contributed by atoms with Crippen molar-refractivity contribution in [3.63, 3.8) is 0 Å². The lowest BCUT2D eigenvalue weighted by molar-refractivity contribution is 0.198. The standard InChI is InChI=1S/C14H13NO2/c16-14(17)15-13-10-6-2-5-9-12(13)11-7-3-1-4-8-11/h1-5,7-10,15H,6H2,(H,16,17). The lowest BCUT2D eigenvalue weighted by Gasteiger charge is -2.11. The van der Waals surface area contributed by atoms with E-state index in [1.54, 1.807) is 0 Å². The zero-order valence-corrected chi connectivity index (χ0v) is 9.26. The molecule has 0 radical (unpaired) electrons. The molecule has 1 aliphatic rings.